The third kappa shape index (κ3) is 9.11. The Hall–Kier alpha value is -2.94. The van der Waals surface area contributed by atoms with E-state index in [-0.39, 0.29) is 29.6 Å². The maximum absolute atomic E-state index is 13.4. The molecule has 2 aliphatic rings. The number of ether oxygens (including phenoxy) is 1. The van der Waals surface area contributed by atoms with E-state index in [0.717, 1.165) is 37.7 Å². The van der Waals surface area contributed by atoms with E-state index < -0.39 is 18.1 Å². The van der Waals surface area contributed by atoms with Crippen LogP contribution in [0, 0.1) is 11.8 Å². The normalized spacial score (nSPS) is 18.2. The van der Waals surface area contributed by atoms with Gasteiger partial charge in [-0.2, -0.15) is 0 Å². The number of carbonyl (C=O) groups excluding carboxylic acids is 4. The minimum Gasteiger partial charge on any atom is -0.469 e. The van der Waals surface area contributed by atoms with E-state index in [9.17, 15) is 19.2 Å². The zero-order chi connectivity index (χ0) is 27.5. The zero-order valence-electron chi connectivity index (χ0n) is 22.8. The molecule has 1 aliphatic heterocycles. The summed E-state index contributed by atoms with van der Waals surface area (Å²) in [5.74, 6) is -0.699. The SMILES string of the molecule is CCCCC(NC(=O)[C@@H](CCC1CC1)NC(=O)[C@H](N)Cc1ccccc1)C(=O)N1CCC(C(=O)OC)CC1. The number of unbranched alkanes of at least 4 members (excludes halogenated alkanes) is 1. The van der Waals surface area contributed by atoms with Crippen molar-refractivity contribution in [3.63, 3.8) is 0 Å². The van der Waals surface area contributed by atoms with Gasteiger partial charge >= 0.3 is 5.97 Å². The molecule has 0 bridgehead atoms. The van der Waals surface area contributed by atoms with Crippen molar-refractivity contribution in [1.82, 2.24) is 15.5 Å². The first-order valence-corrected chi connectivity index (χ1v) is 14.1. The molecule has 1 aliphatic carbocycles. The van der Waals surface area contributed by atoms with Crippen molar-refractivity contribution in [2.24, 2.45) is 17.6 Å². The lowest BCUT2D eigenvalue weighted by Gasteiger charge is -2.34. The highest BCUT2D eigenvalue weighted by Gasteiger charge is 2.34. The van der Waals surface area contributed by atoms with Crippen LogP contribution >= 0.6 is 0 Å². The van der Waals surface area contributed by atoms with Gasteiger partial charge in [-0.05, 0) is 50.0 Å². The quantitative estimate of drug-likeness (QED) is 0.318. The number of likely N-dealkylation sites (tertiary alicyclic amines) is 1. The van der Waals surface area contributed by atoms with Crippen molar-refractivity contribution in [3.8, 4) is 0 Å². The molecule has 3 atom stereocenters. The molecule has 0 radical (unpaired) electrons. The number of piperidine rings is 1. The van der Waals surface area contributed by atoms with E-state index in [1.165, 1.54) is 7.11 Å². The molecule has 38 heavy (non-hydrogen) atoms. The van der Waals surface area contributed by atoms with E-state index in [1.807, 2.05) is 37.3 Å². The van der Waals surface area contributed by atoms with Crippen LogP contribution in [-0.2, 0) is 30.3 Å². The summed E-state index contributed by atoms with van der Waals surface area (Å²) in [6.45, 7) is 2.94. The Kier molecular flexibility index (Phi) is 11.6. The Morgan fingerprint density at radius 2 is 1.63 bits per heavy atom. The lowest BCUT2D eigenvalue weighted by Crippen LogP contribution is -2.57. The topological polar surface area (TPSA) is 131 Å². The molecule has 2 fully saturated rings. The molecule has 9 nitrogen and oxygen atoms in total. The molecule has 1 aromatic rings. The van der Waals surface area contributed by atoms with Crippen LogP contribution in [0.15, 0.2) is 30.3 Å². The van der Waals surface area contributed by atoms with Crippen LogP contribution in [0.4, 0.5) is 0 Å². The van der Waals surface area contributed by atoms with Crippen molar-refractivity contribution in [1.29, 1.82) is 0 Å². The summed E-state index contributed by atoms with van der Waals surface area (Å²) in [7, 11) is 1.38. The Bertz CT molecular complexity index is 928. The number of hydrogen-bond acceptors (Lipinski definition) is 6. The maximum Gasteiger partial charge on any atom is 0.308 e. The minimum atomic E-state index is -0.776. The van der Waals surface area contributed by atoms with Crippen LogP contribution in [-0.4, -0.2) is 66.9 Å². The monoisotopic (exact) mass is 528 g/mol. The highest BCUT2D eigenvalue weighted by Crippen LogP contribution is 2.34. The minimum absolute atomic E-state index is 0.136. The first-order chi connectivity index (χ1) is 18.3. The second-order valence-corrected chi connectivity index (χ2v) is 10.7. The van der Waals surface area contributed by atoms with Crippen molar-refractivity contribution in [2.45, 2.75) is 89.3 Å². The molecule has 1 saturated carbocycles. The van der Waals surface area contributed by atoms with Gasteiger partial charge in [-0.1, -0.05) is 62.9 Å². The fourth-order valence-electron chi connectivity index (χ4n) is 4.98. The highest BCUT2D eigenvalue weighted by molar-refractivity contribution is 5.93. The molecule has 3 amide bonds. The third-order valence-electron chi connectivity index (χ3n) is 7.63. The molecule has 9 heteroatoms. The number of methoxy groups -OCH3 is 1. The summed E-state index contributed by atoms with van der Waals surface area (Å²) in [6.07, 6.45) is 7.33. The average Bonchev–Trinajstić information content (AvgIpc) is 3.77. The second-order valence-electron chi connectivity index (χ2n) is 10.7. The molecule has 210 valence electrons. The van der Waals surface area contributed by atoms with Crippen LogP contribution in [0.1, 0.15) is 70.3 Å². The Morgan fingerprint density at radius 1 is 0.974 bits per heavy atom. The number of benzene rings is 1. The van der Waals surface area contributed by atoms with Crippen LogP contribution in [0.3, 0.4) is 0 Å². The number of nitrogens with two attached hydrogens (primary N) is 1. The average molecular weight is 529 g/mol. The molecular weight excluding hydrogens is 484 g/mol. The summed E-state index contributed by atoms with van der Waals surface area (Å²) in [5.41, 5.74) is 7.14. The smallest absolute Gasteiger partial charge is 0.308 e. The molecule has 1 unspecified atom stereocenters. The molecule has 1 saturated heterocycles. The summed E-state index contributed by atoms with van der Waals surface area (Å²) < 4.78 is 4.85. The summed E-state index contributed by atoms with van der Waals surface area (Å²) in [5, 5.41) is 5.83. The number of esters is 1. The van der Waals surface area contributed by atoms with Gasteiger partial charge in [0.25, 0.3) is 0 Å². The van der Waals surface area contributed by atoms with Gasteiger partial charge in [-0.25, -0.2) is 0 Å². The number of hydrogen-bond donors (Lipinski definition) is 3. The van der Waals surface area contributed by atoms with E-state index >= 15 is 0 Å². The fraction of sp³-hybridized carbons (Fsp3) is 0.655. The van der Waals surface area contributed by atoms with Crippen LogP contribution in [0.5, 0.6) is 0 Å². The van der Waals surface area contributed by atoms with Gasteiger partial charge in [0.15, 0.2) is 0 Å². The van der Waals surface area contributed by atoms with Crippen LogP contribution < -0.4 is 16.4 Å². The lowest BCUT2D eigenvalue weighted by molar-refractivity contribution is -0.149. The Labute approximate surface area is 226 Å². The summed E-state index contributed by atoms with van der Waals surface area (Å²) in [4.78, 5) is 53.4. The molecule has 3 rings (SSSR count). The predicted octanol–water partition coefficient (Wildman–Crippen LogP) is 2.32. The molecule has 1 heterocycles. The van der Waals surface area contributed by atoms with Gasteiger partial charge in [0.05, 0.1) is 19.1 Å². The van der Waals surface area contributed by atoms with Gasteiger partial charge in [-0.3, -0.25) is 19.2 Å². The second kappa shape index (κ2) is 14.9. The standard InChI is InChI=1S/C29H44N4O5/c1-3-4-10-25(28(36)33-17-15-22(16-18-33)29(37)38-2)32-27(35)24(14-13-20-11-12-20)31-26(34)23(30)19-21-8-6-5-7-9-21/h5-9,20,22-25H,3-4,10-19,30H2,1-2H3,(H,31,34)(H,32,35)/t23-,24-,25?/m1/s1. The van der Waals surface area contributed by atoms with Gasteiger partial charge in [0.1, 0.15) is 12.1 Å². The molecule has 0 spiro atoms. The van der Waals surface area contributed by atoms with Crippen molar-refractivity contribution < 1.29 is 23.9 Å². The molecular formula is C29H44N4O5. The largest absolute Gasteiger partial charge is 0.469 e. The van der Waals surface area contributed by atoms with Gasteiger partial charge in [-0.15, -0.1) is 0 Å². The first kappa shape index (κ1) is 29.6. The number of carbonyl (C=O) groups is 4. The van der Waals surface area contributed by atoms with Crippen molar-refractivity contribution >= 4 is 23.7 Å². The number of rotatable bonds is 14. The summed E-state index contributed by atoms with van der Waals surface area (Å²) in [6, 6.07) is 7.36. The first-order valence-electron chi connectivity index (χ1n) is 14.1. The number of nitrogens with zero attached hydrogens (tertiary/aromatic N) is 1. The van der Waals surface area contributed by atoms with Crippen LogP contribution in [0.2, 0.25) is 0 Å². The summed E-state index contributed by atoms with van der Waals surface area (Å²) >= 11 is 0. The van der Waals surface area contributed by atoms with E-state index in [2.05, 4.69) is 10.6 Å². The number of amides is 3. The molecule has 1 aromatic carbocycles. The van der Waals surface area contributed by atoms with Crippen molar-refractivity contribution in [2.75, 3.05) is 20.2 Å². The van der Waals surface area contributed by atoms with Crippen molar-refractivity contribution in [3.05, 3.63) is 35.9 Å². The molecule has 4 N–H and O–H groups in total. The number of nitrogens with one attached hydrogen (secondary N) is 2. The fourth-order valence-corrected chi connectivity index (χ4v) is 4.98. The van der Waals surface area contributed by atoms with Gasteiger partial charge < -0.3 is 26.0 Å². The van der Waals surface area contributed by atoms with Gasteiger partial charge in [0, 0.05) is 13.1 Å². The highest BCUT2D eigenvalue weighted by atomic mass is 16.5. The van der Waals surface area contributed by atoms with Gasteiger partial charge in [0.2, 0.25) is 17.7 Å². The Morgan fingerprint density at radius 3 is 2.24 bits per heavy atom. The lowest BCUT2D eigenvalue weighted by atomic mass is 9.96. The van der Waals surface area contributed by atoms with E-state index in [0.29, 0.717) is 51.1 Å². The maximum atomic E-state index is 13.4. The van der Waals surface area contributed by atoms with E-state index in [1.54, 1.807) is 4.90 Å². The zero-order valence-corrected chi connectivity index (χ0v) is 22.8. The predicted molar refractivity (Wildman–Crippen MR) is 145 cm³/mol. The molecule has 0 aromatic heterocycles. The van der Waals surface area contributed by atoms with E-state index in [4.69, 9.17) is 10.5 Å². The van der Waals surface area contributed by atoms with Crippen LogP contribution in [0.25, 0.3) is 0 Å². The Balaban J connectivity index is 1.62. The third-order valence-corrected chi connectivity index (χ3v) is 7.63.